The molecule has 8 aromatic rings. The summed E-state index contributed by atoms with van der Waals surface area (Å²) in [7, 11) is 0. The van der Waals surface area contributed by atoms with Gasteiger partial charge in [-0.15, -0.1) is 0 Å². The Balaban J connectivity index is 1.60. The van der Waals surface area contributed by atoms with E-state index < -0.39 is 28.8 Å². The summed E-state index contributed by atoms with van der Waals surface area (Å²) in [6.07, 6.45) is 0. The van der Waals surface area contributed by atoms with Crippen LogP contribution in [-0.2, 0) is 10.8 Å². The van der Waals surface area contributed by atoms with E-state index in [1.165, 1.54) is 12.1 Å². The van der Waals surface area contributed by atoms with Crippen molar-refractivity contribution in [2.24, 2.45) is 0 Å². The van der Waals surface area contributed by atoms with E-state index in [4.69, 9.17) is 0 Å². The number of halogens is 4. The van der Waals surface area contributed by atoms with Crippen LogP contribution in [0.15, 0.2) is 103 Å². The third kappa shape index (κ3) is 5.00. The minimum Gasteiger partial charge on any atom is -0.308 e. The number of nitriles is 1. The van der Waals surface area contributed by atoms with Crippen LogP contribution in [0.25, 0.3) is 66.1 Å². The number of rotatable bonds is 3. The van der Waals surface area contributed by atoms with Crippen LogP contribution in [0.4, 0.5) is 17.6 Å². The van der Waals surface area contributed by atoms with Crippen molar-refractivity contribution >= 4 is 43.6 Å². The molecule has 7 heteroatoms. The Kier molecular flexibility index (Phi) is 7.41. The Morgan fingerprint density at radius 2 is 0.942 bits per heavy atom. The van der Waals surface area contributed by atoms with Crippen LogP contribution in [0.3, 0.4) is 0 Å². The van der Waals surface area contributed by atoms with E-state index in [0.29, 0.717) is 17.4 Å². The minimum absolute atomic E-state index is 0.0475. The molecule has 0 fully saturated rings. The summed E-state index contributed by atoms with van der Waals surface area (Å²) >= 11 is 0. The molecular formula is C45H35F4N3. The van der Waals surface area contributed by atoms with Gasteiger partial charge in [0, 0.05) is 27.6 Å². The molecule has 0 atom stereocenters. The fraction of sp³-hybridized carbons (Fsp3) is 0.178. The van der Waals surface area contributed by atoms with Crippen molar-refractivity contribution in [3.63, 3.8) is 0 Å². The highest BCUT2D eigenvalue weighted by Gasteiger charge is 2.27. The molecular weight excluding hydrogens is 659 g/mol. The molecule has 258 valence electrons. The van der Waals surface area contributed by atoms with Gasteiger partial charge in [-0.2, -0.15) is 5.26 Å². The number of hydrogen-bond donors (Lipinski definition) is 0. The lowest BCUT2D eigenvalue weighted by molar-refractivity contribution is 0.437. The Morgan fingerprint density at radius 1 is 0.500 bits per heavy atom. The maximum Gasteiger partial charge on any atom is 0.195 e. The van der Waals surface area contributed by atoms with Crippen molar-refractivity contribution < 1.29 is 17.6 Å². The normalized spacial score (nSPS) is 12.4. The van der Waals surface area contributed by atoms with Gasteiger partial charge in [-0.3, -0.25) is 0 Å². The predicted molar refractivity (Wildman–Crippen MR) is 203 cm³/mol. The average molecular weight is 694 g/mol. The fourth-order valence-electron chi connectivity index (χ4n) is 7.45. The molecule has 0 saturated carbocycles. The summed E-state index contributed by atoms with van der Waals surface area (Å²) in [4.78, 5) is 0. The quantitative estimate of drug-likeness (QED) is 0.103. The number of aromatic nitrogens is 2. The smallest absolute Gasteiger partial charge is 0.195 e. The summed E-state index contributed by atoms with van der Waals surface area (Å²) in [5.41, 5.74) is 4.93. The van der Waals surface area contributed by atoms with Crippen molar-refractivity contribution in [3.8, 4) is 28.6 Å². The molecule has 0 bridgehead atoms. The molecule has 0 N–H and O–H groups in total. The zero-order valence-corrected chi connectivity index (χ0v) is 29.7. The first kappa shape index (κ1) is 33.3. The number of hydrogen-bond acceptors (Lipinski definition) is 1. The van der Waals surface area contributed by atoms with Gasteiger partial charge in [-0.1, -0.05) is 102 Å². The highest BCUT2D eigenvalue weighted by molar-refractivity contribution is 6.11. The summed E-state index contributed by atoms with van der Waals surface area (Å²) in [6.45, 7) is 12.7. The zero-order valence-electron chi connectivity index (χ0n) is 29.7. The lowest BCUT2D eigenvalue weighted by atomic mass is 9.86. The summed E-state index contributed by atoms with van der Waals surface area (Å²) in [5, 5.41) is 14.9. The average Bonchev–Trinajstić information content (AvgIpc) is 3.61. The van der Waals surface area contributed by atoms with E-state index in [-0.39, 0.29) is 22.0 Å². The van der Waals surface area contributed by atoms with Gasteiger partial charge >= 0.3 is 0 Å². The molecule has 2 heterocycles. The predicted octanol–water partition coefficient (Wildman–Crippen LogP) is 12.6. The molecule has 6 aromatic carbocycles. The molecule has 52 heavy (non-hydrogen) atoms. The van der Waals surface area contributed by atoms with E-state index in [1.54, 1.807) is 0 Å². The summed E-state index contributed by atoms with van der Waals surface area (Å²) in [5.74, 6) is -6.30. The third-order valence-electron chi connectivity index (χ3n) is 10.2. The molecule has 0 unspecified atom stereocenters. The van der Waals surface area contributed by atoms with Crippen molar-refractivity contribution in [1.82, 2.24) is 9.13 Å². The van der Waals surface area contributed by atoms with Crippen LogP contribution in [0.5, 0.6) is 0 Å². The zero-order chi connectivity index (χ0) is 36.9. The molecule has 0 aliphatic rings. The summed E-state index contributed by atoms with van der Waals surface area (Å²) < 4.78 is 64.7. The Labute approximate surface area is 299 Å². The highest BCUT2D eigenvalue weighted by Crippen LogP contribution is 2.42. The Bertz CT molecular complexity index is 2670. The standard InChI is InChI=1S/C45H35F4N3/c1-44(2,3)26-15-17-30-28-11-7-9-13-35(28)51(39(30)21-26)37-19-25(41-33(46)23-34(47)42(48)43(41)49)20-38(32(37)24-50)52-36-14-10-8-12-29(36)31-18-16-27(22-40(31)52)45(4,5)6/h7-23H,1-6H3. The molecule has 3 nitrogen and oxygen atoms in total. The lowest BCUT2D eigenvalue weighted by Gasteiger charge is -2.22. The van der Waals surface area contributed by atoms with Crippen LogP contribution in [0.2, 0.25) is 0 Å². The second-order valence-corrected chi connectivity index (χ2v) is 15.5. The number of fused-ring (bicyclic) bond motifs is 6. The van der Waals surface area contributed by atoms with Gasteiger partial charge in [0.05, 0.1) is 39.0 Å². The SMILES string of the molecule is CC(C)(C)c1ccc2c3ccccc3n(-c3cc(-c4c(F)cc(F)c(F)c4F)cc(-n4c5ccccc5c5ccc(C(C)(C)C)cc54)c3C#N)c2c1. The fourth-order valence-corrected chi connectivity index (χ4v) is 7.45. The van der Waals surface area contributed by atoms with Crippen LogP contribution < -0.4 is 0 Å². The first-order valence-electron chi connectivity index (χ1n) is 17.2. The van der Waals surface area contributed by atoms with Gasteiger partial charge in [0.1, 0.15) is 17.4 Å². The minimum atomic E-state index is -1.78. The van der Waals surface area contributed by atoms with E-state index in [9.17, 15) is 14.0 Å². The van der Waals surface area contributed by atoms with Gasteiger partial charge in [-0.05, 0) is 63.9 Å². The highest BCUT2D eigenvalue weighted by atomic mass is 19.2. The Morgan fingerprint density at radius 3 is 1.38 bits per heavy atom. The molecule has 0 aliphatic heterocycles. The van der Waals surface area contributed by atoms with E-state index in [1.807, 2.05) is 57.7 Å². The largest absolute Gasteiger partial charge is 0.308 e. The van der Waals surface area contributed by atoms with Crippen molar-refractivity contribution in [2.75, 3.05) is 0 Å². The molecule has 0 radical (unpaired) electrons. The van der Waals surface area contributed by atoms with Gasteiger partial charge in [0.15, 0.2) is 17.5 Å². The first-order chi connectivity index (χ1) is 24.7. The second kappa shape index (κ2) is 11.6. The molecule has 2 aromatic heterocycles. The monoisotopic (exact) mass is 693 g/mol. The van der Waals surface area contributed by atoms with Gasteiger partial charge in [0.25, 0.3) is 0 Å². The van der Waals surface area contributed by atoms with Crippen LogP contribution in [0.1, 0.15) is 58.2 Å². The number of benzene rings is 6. The van der Waals surface area contributed by atoms with Crippen molar-refractivity contribution in [2.45, 2.75) is 52.4 Å². The van der Waals surface area contributed by atoms with Gasteiger partial charge in [-0.25, -0.2) is 17.6 Å². The maximum absolute atomic E-state index is 15.8. The molecule has 0 saturated heterocycles. The Hall–Kier alpha value is -5.87. The number of nitrogens with zero attached hydrogens (tertiary/aromatic N) is 3. The van der Waals surface area contributed by atoms with Gasteiger partial charge < -0.3 is 9.13 Å². The molecule has 0 spiro atoms. The number of para-hydroxylation sites is 2. The second-order valence-electron chi connectivity index (χ2n) is 15.5. The summed E-state index contributed by atoms with van der Waals surface area (Å²) in [6, 6.07) is 33.8. The molecule has 8 rings (SSSR count). The van der Waals surface area contributed by atoms with E-state index in [0.717, 1.165) is 54.7 Å². The maximum atomic E-state index is 15.8. The lowest BCUT2D eigenvalue weighted by Crippen LogP contribution is -2.11. The molecule has 0 amide bonds. The van der Waals surface area contributed by atoms with Gasteiger partial charge in [0.2, 0.25) is 0 Å². The van der Waals surface area contributed by atoms with Crippen LogP contribution in [0, 0.1) is 34.6 Å². The first-order valence-corrected chi connectivity index (χ1v) is 17.2. The topological polar surface area (TPSA) is 33.6 Å². The third-order valence-corrected chi connectivity index (χ3v) is 10.2. The van der Waals surface area contributed by atoms with E-state index >= 15 is 8.78 Å². The molecule has 0 aliphatic carbocycles. The van der Waals surface area contributed by atoms with E-state index in [2.05, 4.69) is 84.0 Å². The van der Waals surface area contributed by atoms with Crippen molar-refractivity contribution in [3.05, 3.63) is 143 Å². The van der Waals surface area contributed by atoms with Crippen LogP contribution >= 0.6 is 0 Å². The van der Waals surface area contributed by atoms with Crippen molar-refractivity contribution in [1.29, 1.82) is 5.26 Å². The van der Waals surface area contributed by atoms with Crippen LogP contribution in [-0.4, -0.2) is 9.13 Å².